The summed E-state index contributed by atoms with van der Waals surface area (Å²) < 4.78 is 0.707. The van der Waals surface area contributed by atoms with Gasteiger partial charge >= 0.3 is 0 Å². The van der Waals surface area contributed by atoms with Gasteiger partial charge in [-0.2, -0.15) is 0 Å². The van der Waals surface area contributed by atoms with Gasteiger partial charge in [0.2, 0.25) is 5.96 Å². The number of nitrogens with zero attached hydrogens (tertiary/aromatic N) is 1. The molecule has 0 unspecified atom stereocenters. The van der Waals surface area contributed by atoms with E-state index in [0.29, 0.717) is 15.2 Å². The minimum atomic E-state index is -0.0805. The third kappa shape index (κ3) is 2.87. The maximum atomic E-state index is 8.39. The average Bonchev–Trinajstić information content (AvgIpc) is 2.09. The van der Waals surface area contributed by atoms with Crippen molar-refractivity contribution in [1.82, 2.24) is 5.48 Å². The quantitative estimate of drug-likeness (QED) is 0.413. The molecule has 0 saturated heterocycles. The van der Waals surface area contributed by atoms with Gasteiger partial charge in [0.15, 0.2) is 0 Å². The van der Waals surface area contributed by atoms with Crippen LogP contribution in [0.1, 0.15) is 0 Å². The topological polar surface area (TPSA) is 70.6 Å². The molecule has 1 rings (SSSR count). The van der Waals surface area contributed by atoms with Crippen molar-refractivity contribution in [3.8, 4) is 0 Å². The molecule has 0 radical (unpaired) electrons. The summed E-state index contributed by atoms with van der Waals surface area (Å²) in [7, 11) is 0. The summed E-state index contributed by atoms with van der Waals surface area (Å²) in [6, 6.07) is 5.04. The number of halogens is 2. The Balaban J connectivity index is 3.03. The molecule has 0 spiro atoms. The van der Waals surface area contributed by atoms with Gasteiger partial charge in [0.05, 0.1) is 5.69 Å². The van der Waals surface area contributed by atoms with Crippen LogP contribution in [0.5, 0.6) is 0 Å². The molecule has 0 aliphatic heterocycles. The Kier molecular flexibility index (Phi) is 3.53. The Morgan fingerprint density at radius 3 is 2.85 bits per heavy atom. The molecule has 1 aromatic carbocycles. The Hall–Kier alpha value is -0.780. The predicted octanol–water partition coefficient (Wildman–Crippen LogP) is 2.03. The highest BCUT2D eigenvalue weighted by Gasteiger charge is 1.99. The molecule has 0 atom stereocenters. The number of nitrogens with two attached hydrogens (primary N) is 1. The summed E-state index contributed by atoms with van der Waals surface area (Å²) in [5.41, 5.74) is 7.56. The smallest absolute Gasteiger partial charge is 0.218 e. The van der Waals surface area contributed by atoms with E-state index in [0.717, 1.165) is 0 Å². The first kappa shape index (κ1) is 10.3. The Labute approximate surface area is 88.5 Å². The fourth-order valence-corrected chi connectivity index (χ4v) is 1.50. The number of benzene rings is 1. The van der Waals surface area contributed by atoms with E-state index in [1.54, 1.807) is 23.7 Å². The first-order chi connectivity index (χ1) is 6.13. The van der Waals surface area contributed by atoms with Crippen molar-refractivity contribution >= 4 is 39.2 Å². The van der Waals surface area contributed by atoms with Crippen LogP contribution in [0.3, 0.4) is 0 Å². The van der Waals surface area contributed by atoms with Crippen LogP contribution in [-0.2, 0) is 0 Å². The lowest BCUT2D eigenvalue weighted by Gasteiger charge is -2.00. The molecule has 4 nitrogen and oxygen atoms in total. The van der Waals surface area contributed by atoms with E-state index in [1.165, 1.54) is 0 Å². The molecule has 0 aliphatic rings. The number of hydrogen-bond donors (Lipinski definition) is 3. The van der Waals surface area contributed by atoms with E-state index in [9.17, 15) is 0 Å². The highest BCUT2D eigenvalue weighted by Crippen LogP contribution is 2.27. The first-order valence-corrected chi connectivity index (χ1v) is 4.50. The Morgan fingerprint density at radius 2 is 2.31 bits per heavy atom. The molecule has 6 heteroatoms. The van der Waals surface area contributed by atoms with Crippen LogP contribution in [0, 0.1) is 0 Å². The van der Waals surface area contributed by atoms with Crippen molar-refractivity contribution in [2.45, 2.75) is 0 Å². The van der Waals surface area contributed by atoms with Gasteiger partial charge in [0, 0.05) is 9.50 Å². The number of nitrogens with one attached hydrogen (secondary N) is 1. The molecule has 70 valence electrons. The number of hydrogen-bond acceptors (Lipinski definition) is 2. The fraction of sp³-hybridized carbons (Fsp3) is 0. The summed E-state index contributed by atoms with van der Waals surface area (Å²) in [6.07, 6.45) is 0. The summed E-state index contributed by atoms with van der Waals surface area (Å²) >= 11 is 8.96. The zero-order valence-corrected chi connectivity index (χ0v) is 8.80. The molecule has 0 saturated carbocycles. The van der Waals surface area contributed by atoms with Gasteiger partial charge < -0.3 is 5.73 Å². The monoisotopic (exact) mass is 263 g/mol. The van der Waals surface area contributed by atoms with Gasteiger partial charge in [-0.3, -0.25) is 5.21 Å². The van der Waals surface area contributed by atoms with Gasteiger partial charge in [-0.15, -0.1) is 0 Å². The lowest BCUT2D eigenvalue weighted by Crippen LogP contribution is -2.27. The van der Waals surface area contributed by atoms with Crippen molar-refractivity contribution in [3.05, 3.63) is 27.7 Å². The van der Waals surface area contributed by atoms with Crippen molar-refractivity contribution in [1.29, 1.82) is 0 Å². The van der Waals surface area contributed by atoms with Crippen LogP contribution in [0.25, 0.3) is 0 Å². The van der Waals surface area contributed by atoms with Crippen molar-refractivity contribution < 1.29 is 5.21 Å². The van der Waals surface area contributed by atoms with Gasteiger partial charge in [-0.05, 0) is 34.1 Å². The lowest BCUT2D eigenvalue weighted by atomic mass is 10.3. The van der Waals surface area contributed by atoms with E-state index in [2.05, 4.69) is 20.9 Å². The molecular formula is C7H7BrClN3O. The molecule has 4 N–H and O–H groups in total. The minimum Gasteiger partial charge on any atom is -0.368 e. The van der Waals surface area contributed by atoms with E-state index in [-0.39, 0.29) is 5.96 Å². The third-order valence-electron chi connectivity index (χ3n) is 1.27. The van der Waals surface area contributed by atoms with Crippen LogP contribution in [0.2, 0.25) is 5.02 Å². The van der Waals surface area contributed by atoms with Crippen molar-refractivity contribution in [2.24, 2.45) is 10.7 Å². The Morgan fingerprint density at radius 1 is 1.62 bits per heavy atom. The molecule has 0 aliphatic carbocycles. The van der Waals surface area contributed by atoms with Crippen LogP contribution < -0.4 is 11.2 Å². The van der Waals surface area contributed by atoms with Crippen LogP contribution in [0.15, 0.2) is 27.7 Å². The summed E-state index contributed by atoms with van der Waals surface area (Å²) in [5, 5.41) is 8.99. The minimum absolute atomic E-state index is 0.0805. The van der Waals surface area contributed by atoms with Crippen LogP contribution in [-0.4, -0.2) is 11.2 Å². The van der Waals surface area contributed by atoms with Gasteiger partial charge in [0.25, 0.3) is 0 Å². The van der Waals surface area contributed by atoms with Crippen molar-refractivity contribution in [3.63, 3.8) is 0 Å². The maximum Gasteiger partial charge on any atom is 0.218 e. The highest BCUT2D eigenvalue weighted by atomic mass is 79.9. The van der Waals surface area contributed by atoms with E-state index < -0.39 is 0 Å². The molecular weight excluding hydrogens is 257 g/mol. The number of hydroxylamine groups is 1. The normalized spacial score (nSPS) is 11.5. The van der Waals surface area contributed by atoms with E-state index in [4.69, 9.17) is 22.5 Å². The zero-order chi connectivity index (χ0) is 9.84. The maximum absolute atomic E-state index is 8.39. The molecule has 1 aromatic rings. The van der Waals surface area contributed by atoms with Gasteiger partial charge in [-0.25, -0.2) is 10.5 Å². The first-order valence-electron chi connectivity index (χ1n) is 3.33. The largest absolute Gasteiger partial charge is 0.368 e. The predicted molar refractivity (Wildman–Crippen MR) is 55.4 cm³/mol. The van der Waals surface area contributed by atoms with Gasteiger partial charge in [0.1, 0.15) is 0 Å². The number of aliphatic imine (C=N–C) groups is 1. The average molecular weight is 265 g/mol. The molecule has 0 aromatic heterocycles. The second-order valence-electron chi connectivity index (χ2n) is 2.20. The second-order valence-corrected chi connectivity index (χ2v) is 3.50. The molecule has 0 bridgehead atoms. The standard InChI is InChI=1S/C7H7BrClN3O/c8-5-3-4(9)1-2-6(5)11-7(10)12-13/h1-3,13H,(H3,10,11,12). The van der Waals surface area contributed by atoms with Crippen LogP contribution in [0.4, 0.5) is 5.69 Å². The third-order valence-corrected chi connectivity index (χ3v) is 2.14. The number of guanidine groups is 1. The summed E-state index contributed by atoms with van der Waals surface area (Å²) in [5.74, 6) is -0.0805. The van der Waals surface area contributed by atoms with E-state index in [1.807, 2.05) is 0 Å². The number of rotatable bonds is 1. The zero-order valence-electron chi connectivity index (χ0n) is 6.46. The fourth-order valence-electron chi connectivity index (χ4n) is 0.727. The lowest BCUT2D eigenvalue weighted by molar-refractivity contribution is 0.233. The SMILES string of the molecule is NC(=Nc1ccc(Cl)cc1Br)NO. The van der Waals surface area contributed by atoms with E-state index >= 15 is 0 Å². The molecule has 0 fully saturated rings. The summed E-state index contributed by atoms with van der Waals surface area (Å²) in [6.45, 7) is 0. The highest BCUT2D eigenvalue weighted by molar-refractivity contribution is 9.10. The van der Waals surface area contributed by atoms with Crippen LogP contribution >= 0.6 is 27.5 Å². The van der Waals surface area contributed by atoms with Crippen molar-refractivity contribution in [2.75, 3.05) is 0 Å². The second kappa shape index (κ2) is 4.45. The van der Waals surface area contributed by atoms with Gasteiger partial charge in [-0.1, -0.05) is 11.6 Å². The molecule has 13 heavy (non-hydrogen) atoms. The Bertz CT molecular complexity index is 343. The molecule has 0 heterocycles. The summed E-state index contributed by atoms with van der Waals surface area (Å²) in [4.78, 5) is 3.85. The molecule has 0 amide bonds.